The molecule has 0 aliphatic rings. The van der Waals surface area contributed by atoms with Crippen LogP contribution in [0.4, 0.5) is 5.69 Å². The standard InChI is InChI=1S/C12H15NO/c1-3-6-11(4-2)14-12-8-5-7-10(13)9-12/h3-9H,13H2,1-2H3/b6-3-,11-4+. The van der Waals surface area contributed by atoms with E-state index in [2.05, 4.69) is 0 Å². The highest BCUT2D eigenvalue weighted by atomic mass is 16.5. The Morgan fingerprint density at radius 1 is 1.36 bits per heavy atom. The minimum atomic E-state index is 0.707. The van der Waals surface area contributed by atoms with Gasteiger partial charge in [0.05, 0.1) is 0 Å². The third kappa shape index (κ3) is 2.98. The largest absolute Gasteiger partial charge is 0.458 e. The fraction of sp³-hybridized carbons (Fsp3) is 0.167. The van der Waals surface area contributed by atoms with Crippen LogP contribution in [0.2, 0.25) is 0 Å². The Kier molecular flexibility index (Phi) is 3.80. The molecule has 2 N–H and O–H groups in total. The summed E-state index contributed by atoms with van der Waals surface area (Å²) in [6.45, 7) is 3.88. The first-order valence-corrected chi connectivity index (χ1v) is 4.58. The maximum absolute atomic E-state index is 5.63. The molecule has 74 valence electrons. The number of anilines is 1. The Morgan fingerprint density at radius 2 is 2.14 bits per heavy atom. The van der Waals surface area contributed by atoms with Crippen LogP contribution in [0.15, 0.2) is 48.3 Å². The molecule has 1 aromatic carbocycles. The van der Waals surface area contributed by atoms with Gasteiger partial charge in [-0.1, -0.05) is 12.1 Å². The summed E-state index contributed by atoms with van der Waals surface area (Å²) in [6, 6.07) is 7.38. The van der Waals surface area contributed by atoms with E-state index in [4.69, 9.17) is 10.5 Å². The van der Waals surface area contributed by atoms with Gasteiger partial charge in [0.15, 0.2) is 0 Å². The molecule has 0 bridgehead atoms. The van der Waals surface area contributed by atoms with Crippen LogP contribution in [0.1, 0.15) is 13.8 Å². The molecule has 0 aliphatic heterocycles. The molecule has 1 rings (SSSR count). The van der Waals surface area contributed by atoms with E-state index in [0.717, 1.165) is 11.5 Å². The lowest BCUT2D eigenvalue weighted by Crippen LogP contribution is -1.92. The van der Waals surface area contributed by atoms with E-state index in [1.807, 2.05) is 50.3 Å². The fourth-order valence-corrected chi connectivity index (χ4v) is 1.07. The number of ether oxygens (including phenoxy) is 1. The zero-order valence-electron chi connectivity index (χ0n) is 8.53. The lowest BCUT2D eigenvalue weighted by atomic mass is 10.3. The Labute approximate surface area is 84.7 Å². The quantitative estimate of drug-likeness (QED) is 0.450. The number of nitrogens with two attached hydrogens (primary N) is 1. The first-order chi connectivity index (χ1) is 6.76. The zero-order valence-corrected chi connectivity index (χ0v) is 8.53. The van der Waals surface area contributed by atoms with E-state index < -0.39 is 0 Å². The molecule has 0 heterocycles. The topological polar surface area (TPSA) is 35.2 Å². The SMILES string of the molecule is C/C=C\C(=C/C)Oc1cccc(N)c1. The van der Waals surface area contributed by atoms with Crippen LogP contribution >= 0.6 is 0 Å². The van der Waals surface area contributed by atoms with Gasteiger partial charge in [-0.2, -0.15) is 0 Å². The van der Waals surface area contributed by atoms with Gasteiger partial charge < -0.3 is 10.5 Å². The van der Waals surface area contributed by atoms with Gasteiger partial charge in [0, 0.05) is 11.8 Å². The third-order valence-electron chi connectivity index (χ3n) is 1.71. The predicted octanol–water partition coefficient (Wildman–Crippen LogP) is 3.13. The second-order valence-corrected chi connectivity index (χ2v) is 2.87. The molecule has 0 saturated heterocycles. The van der Waals surface area contributed by atoms with E-state index in [9.17, 15) is 0 Å². The van der Waals surface area contributed by atoms with Crippen molar-refractivity contribution in [3.63, 3.8) is 0 Å². The number of rotatable bonds is 3. The fourth-order valence-electron chi connectivity index (χ4n) is 1.07. The molecule has 0 spiro atoms. The smallest absolute Gasteiger partial charge is 0.129 e. The molecule has 0 saturated carbocycles. The molecule has 14 heavy (non-hydrogen) atoms. The molecular weight excluding hydrogens is 174 g/mol. The van der Waals surface area contributed by atoms with Crippen LogP contribution in [0, 0.1) is 0 Å². The summed E-state index contributed by atoms with van der Waals surface area (Å²) < 4.78 is 5.58. The summed E-state index contributed by atoms with van der Waals surface area (Å²) in [5.74, 6) is 1.58. The number of hydrogen-bond donors (Lipinski definition) is 1. The first kappa shape index (κ1) is 10.4. The van der Waals surface area contributed by atoms with E-state index in [1.54, 1.807) is 6.07 Å². The van der Waals surface area contributed by atoms with Crippen LogP contribution in [0.3, 0.4) is 0 Å². The summed E-state index contributed by atoms with van der Waals surface area (Å²) in [4.78, 5) is 0. The van der Waals surface area contributed by atoms with E-state index >= 15 is 0 Å². The number of hydrogen-bond acceptors (Lipinski definition) is 2. The van der Waals surface area contributed by atoms with Crippen molar-refractivity contribution >= 4 is 5.69 Å². The van der Waals surface area contributed by atoms with Crippen LogP contribution in [-0.2, 0) is 0 Å². The van der Waals surface area contributed by atoms with Crippen molar-refractivity contribution < 1.29 is 4.74 Å². The minimum Gasteiger partial charge on any atom is -0.458 e. The summed E-state index contributed by atoms with van der Waals surface area (Å²) in [5, 5.41) is 0. The van der Waals surface area contributed by atoms with Crippen molar-refractivity contribution in [2.45, 2.75) is 13.8 Å². The van der Waals surface area contributed by atoms with E-state index in [1.165, 1.54) is 0 Å². The molecule has 0 amide bonds. The van der Waals surface area contributed by atoms with Crippen LogP contribution in [0.25, 0.3) is 0 Å². The summed E-state index contributed by atoms with van der Waals surface area (Å²) in [7, 11) is 0. The maximum atomic E-state index is 5.63. The van der Waals surface area contributed by atoms with Crippen molar-refractivity contribution in [3.8, 4) is 5.75 Å². The van der Waals surface area contributed by atoms with Crippen molar-refractivity contribution in [2.24, 2.45) is 0 Å². The summed E-state index contributed by atoms with van der Waals surface area (Å²) in [6.07, 6.45) is 5.74. The van der Waals surface area contributed by atoms with E-state index in [-0.39, 0.29) is 0 Å². The predicted molar refractivity (Wildman–Crippen MR) is 60.1 cm³/mol. The molecule has 1 aromatic rings. The normalized spacial score (nSPS) is 12.0. The van der Waals surface area contributed by atoms with Crippen molar-refractivity contribution in [2.75, 3.05) is 5.73 Å². The monoisotopic (exact) mass is 189 g/mol. The highest BCUT2D eigenvalue weighted by Gasteiger charge is 1.95. The van der Waals surface area contributed by atoms with Gasteiger partial charge in [0.25, 0.3) is 0 Å². The highest BCUT2D eigenvalue weighted by molar-refractivity contribution is 5.44. The van der Waals surface area contributed by atoms with Gasteiger partial charge in [-0.3, -0.25) is 0 Å². The van der Waals surface area contributed by atoms with Crippen LogP contribution < -0.4 is 10.5 Å². The molecule has 0 fully saturated rings. The zero-order chi connectivity index (χ0) is 10.4. The average Bonchev–Trinajstić information content (AvgIpc) is 2.17. The van der Waals surface area contributed by atoms with Gasteiger partial charge in [-0.25, -0.2) is 0 Å². The van der Waals surface area contributed by atoms with Crippen molar-refractivity contribution in [3.05, 3.63) is 48.3 Å². The molecule has 0 radical (unpaired) electrons. The van der Waals surface area contributed by atoms with Gasteiger partial charge in [0.2, 0.25) is 0 Å². The summed E-state index contributed by atoms with van der Waals surface area (Å²) in [5.41, 5.74) is 6.34. The minimum absolute atomic E-state index is 0.707. The molecular formula is C12H15NO. The Balaban J connectivity index is 2.77. The second-order valence-electron chi connectivity index (χ2n) is 2.87. The van der Waals surface area contributed by atoms with Gasteiger partial charge in [-0.15, -0.1) is 0 Å². The maximum Gasteiger partial charge on any atom is 0.129 e. The van der Waals surface area contributed by atoms with Gasteiger partial charge >= 0.3 is 0 Å². The number of allylic oxidation sites excluding steroid dienone is 3. The lowest BCUT2D eigenvalue weighted by molar-refractivity contribution is 0.443. The second kappa shape index (κ2) is 5.12. The van der Waals surface area contributed by atoms with Crippen molar-refractivity contribution in [1.29, 1.82) is 0 Å². The van der Waals surface area contributed by atoms with Gasteiger partial charge in [0.1, 0.15) is 11.5 Å². The lowest BCUT2D eigenvalue weighted by Gasteiger charge is -2.06. The number of benzene rings is 1. The molecule has 2 heteroatoms. The van der Waals surface area contributed by atoms with Crippen LogP contribution in [0.5, 0.6) is 5.75 Å². The van der Waals surface area contributed by atoms with Gasteiger partial charge in [-0.05, 0) is 38.1 Å². The molecule has 0 aliphatic carbocycles. The average molecular weight is 189 g/mol. The molecule has 0 aromatic heterocycles. The Morgan fingerprint density at radius 3 is 2.71 bits per heavy atom. The summed E-state index contributed by atoms with van der Waals surface area (Å²) >= 11 is 0. The Hall–Kier alpha value is -1.70. The highest BCUT2D eigenvalue weighted by Crippen LogP contribution is 2.17. The third-order valence-corrected chi connectivity index (χ3v) is 1.71. The van der Waals surface area contributed by atoms with E-state index in [0.29, 0.717) is 5.69 Å². The number of nitrogen functional groups attached to an aromatic ring is 1. The first-order valence-electron chi connectivity index (χ1n) is 4.58. The van der Waals surface area contributed by atoms with Crippen LogP contribution in [-0.4, -0.2) is 0 Å². The Bertz CT molecular complexity index is 353. The van der Waals surface area contributed by atoms with Crippen molar-refractivity contribution in [1.82, 2.24) is 0 Å². The molecule has 2 nitrogen and oxygen atoms in total. The molecule has 0 atom stereocenters. The molecule has 0 unspecified atom stereocenters.